The zero-order valence-electron chi connectivity index (χ0n) is 10.5. The first-order valence-corrected chi connectivity index (χ1v) is 6.79. The number of ether oxygens (including phenoxy) is 1. The Labute approximate surface area is 108 Å². The number of rotatable bonds is 3. The van der Waals surface area contributed by atoms with Crippen LogP contribution >= 0.6 is 0 Å². The van der Waals surface area contributed by atoms with Crippen LogP contribution in [-0.2, 0) is 16.1 Å². The zero-order valence-corrected chi connectivity index (χ0v) is 10.5. The molecule has 0 radical (unpaired) electrons. The van der Waals surface area contributed by atoms with Crippen LogP contribution in [0.3, 0.4) is 0 Å². The molecule has 3 rings (SSSR count). The van der Waals surface area contributed by atoms with Crippen molar-refractivity contribution in [1.82, 2.24) is 4.90 Å². The average Bonchev–Trinajstić information content (AvgIpc) is 2.90. The molecule has 0 spiro atoms. The normalized spacial score (nSPS) is 27.3. The number of nitrogens with zero attached hydrogens (tertiary/aromatic N) is 1. The quantitative estimate of drug-likeness (QED) is 0.818. The molecule has 1 aromatic carbocycles. The van der Waals surface area contributed by atoms with Gasteiger partial charge in [0.1, 0.15) is 0 Å². The second-order valence-corrected chi connectivity index (χ2v) is 5.17. The van der Waals surface area contributed by atoms with E-state index >= 15 is 0 Å². The minimum absolute atomic E-state index is 0.227. The largest absolute Gasteiger partial charge is 0.371 e. The minimum atomic E-state index is 0.227. The van der Waals surface area contributed by atoms with E-state index in [2.05, 4.69) is 12.1 Å². The molecule has 2 saturated heterocycles. The minimum Gasteiger partial charge on any atom is -0.371 e. The van der Waals surface area contributed by atoms with Gasteiger partial charge in [0.2, 0.25) is 5.91 Å². The van der Waals surface area contributed by atoms with Crippen molar-refractivity contribution < 1.29 is 9.53 Å². The van der Waals surface area contributed by atoms with Crippen molar-refractivity contribution in [2.45, 2.75) is 44.4 Å². The summed E-state index contributed by atoms with van der Waals surface area (Å²) in [5.41, 5.74) is 1.21. The predicted octanol–water partition coefficient (Wildman–Crippen LogP) is 2.36. The van der Waals surface area contributed by atoms with Gasteiger partial charge in [0.05, 0.1) is 18.8 Å². The Morgan fingerprint density at radius 3 is 2.89 bits per heavy atom. The Kier molecular flexibility index (Phi) is 3.33. The molecule has 2 heterocycles. The van der Waals surface area contributed by atoms with Crippen LogP contribution in [0.2, 0.25) is 0 Å². The van der Waals surface area contributed by atoms with E-state index in [0.29, 0.717) is 25.0 Å². The summed E-state index contributed by atoms with van der Waals surface area (Å²) in [5.74, 6) is 0.317. The van der Waals surface area contributed by atoms with Crippen molar-refractivity contribution in [2.24, 2.45) is 0 Å². The Hall–Kier alpha value is -1.35. The van der Waals surface area contributed by atoms with Crippen LogP contribution in [0.25, 0.3) is 0 Å². The Morgan fingerprint density at radius 2 is 2.06 bits per heavy atom. The van der Waals surface area contributed by atoms with Gasteiger partial charge in [-0.25, -0.2) is 0 Å². The second-order valence-electron chi connectivity index (χ2n) is 5.17. The van der Waals surface area contributed by atoms with E-state index in [9.17, 15) is 4.79 Å². The molecule has 0 bridgehead atoms. The fourth-order valence-corrected chi connectivity index (χ4v) is 3.06. The summed E-state index contributed by atoms with van der Waals surface area (Å²) in [5, 5.41) is 0. The molecule has 0 N–H and O–H groups in total. The molecule has 18 heavy (non-hydrogen) atoms. The van der Waals surface area contributed by atoms with Crippen molar-refractivity contribution in [3.05, 3.63) is 35.9 Å². The highest BCUT2D eigenvalue weighted by Crippen LogP contribution is 2.30. The third-order valence-corrected chi connectivity index (χ3v) is 4.00. The lowest BCUT2D eigenvalue weighted by molar-refractivity contribution is -0.142. The van der Waals surface area contributed by atoms with E-state index in [1.165, 1.54) is 5.56 Å². The lowest BCUT2D eigenvalue weighted by atomic mass is 9.98. The van der Waals surface area contributed by atoms with Crippen molar-refractivity contribution in [3.63, 3.8) is 0 Å². The number of carbonyl (C=O) groups excluding carboxylic acids is 1. The first kappa shape index (κ1) is 11.7. The molecule has 2 fully saturated rings. The summed E-state index contributed by atoms with van der Waals surface area (Å²) in [6.07, 6.45) is 3.99. The predicted molar refractivity (Wildman–Crippen MR) is 69.0 cm³/mol. The van der Waals surface area contributed by atoms with Crippen molar-refractivity contribution in [1.29, 1.82) is 0 Å². The number of benzene rings is 1. The molecule has 0 unspecified atom stereocenters. The summed E-state index contributed by atoms with van der Waals surface area (Å²) < 4.78 is 6.04. The molecule has 1 aromatic rings. The van der Waals surface area contributed by atoms with Gasteiger partial charge in [-0.15, -0.1) is 0 Å². The van der Waals surface area contributed by atoms with Gasteiger partial charge in [-0.2, -0.15) is 0 Å². The van der Waals surface area contributed by atoms with Gasteiger partial charge < -0.3 is 9.64 Å². The highest BCUT2D eigenvalue weighted by molar-refractivity contribution is 5.77. The molecule has 0 aromatic heterocycles. The molecule has 3 heteroatoms. The third kappa shape index (κ3) is 2.27. The lowest BCUT2D eigenvalue weighted by Gasteiger charge is -2.36. The number of fused-ring (bicyclic) bond motifs is 1. The van der Waals surface area contributed by atoms with E-state index in [0.717, 1.165) is 25.8 Å². The monoisotopic (exact) mass is 245 g/mol. The van der Waals surface area contributed by atoms with Gasteiger partial charge in [0.15, 0.2) is 0 Å². The second kappa shape index (κ2) is 5.11. The van der Waals surface area contributed by atoms with Crippen molar-refractivity contribution >= 4 is 5.91 Å². The number of amides is 1. The van der Waals surface area contributed by atoms with Gasteiger partial charge in [-0.05, 0) is 24.8 Å². The standard InChI is InChI=1S/C15H19NO2/c17-15-9-8-14(13-7-4-10-16(13)15)18-11-12-5-2-1-3-6-12/h1-3,5-6,13-14H,4,7-11H2/t13-,14+/m0/s1. The van der Waals surface area contributed by atoms with E-state index in [-0.39, 0.29) is 6.10 Å². The highest BCUT2D eigenvalue weighted by atomic mass is 16.5. The fraction of sp³-hybridized carbons (Fsp3) is 0.533. The maximum absolute atomic E-state index is 11.8. The van der Waals surface area contributed by atoms with Crippen LogP contribution in [0.5, 0.6) is 0 Å². The number of carbonyl (C=O) groups is 1. The maximum Gasteiger partial charge on any atom is 0.223 e. The molecule has 2 atom stereocenters. The first-order chi connectivity index (χ1) is 8.84. The van der Waals surface area contributed by atoms with Crippen molar-refractivity contribution in [3.8, 4) is 0 Å². The summed E-state index contributed by atoms with van der Waals surface area (Å²) in [6, 6.07) is 10.6. The Bertz CT molecular complexity index is 418. The lowest BCUT2D eigenvalue weighted by Crippen LogP contribution is -2.48. The van der Waals surface area contributed by atoms with E-state index < -0.39 is 0 Å². The molecule has 3 nitrogen and oxygen atoms in total. The van der Waals surface area contributed by atoms with Crippen LogP contribution in [0.4, 0.5) is 0 Å². The SMILES string of the molecule is O=C1CC[C@@H](OCc2ccccc2)[C@@H]2CCCN12. The molecular formula is C15H19NO2. The Balaban J connectivity index is 1.61. The zero-order chi connectivity index (χ0) is 12.4. The third-order valence-electron chi connectivity index (χ3n) is 4.00. The van der Waals surface area contributed by atoms with E-state index in [1.54, 1.807) is 0 Å². The Morgan fingerprint density at radius 1 is 1.22 bits per heavy atom. The first-order valence-electron chi connectivity index (χ1n) is 6.79. The summed E-state index contributed by atoms with van der Waals surface area (Å²) in [6.45, 7) is 1.58. The fourth-order valence-electron chi connectivity index (χ4n) is 3.06. The van der Waals surface area contributed by atoms with Crippen LogP contribution in [0.15, 0.2) is 30.3 Å². The van der Waals surface area contributed by atoms with Gasteiger partial charge >= 0.3 is 0 Å². The number of piperidine rings is 1. The topological polar surface area (TPSA) is 29.5 Å². The summed E-state index contributed by atoms with van der Waals surface area (Å²) in [4.78, 5) is 13.8. The van der Waals surface area contributed by atoms with E-state index in [4.69, 9.17) is 4.74 Å². The molecular weight excluding hydrogens is 226 g/mol. The van der Waals surface area contributed by atoms with Gasteiger partial charge in [0.25, 0.3) is 0 Å². The highest BCUT2D eigenvalue weighted by Gasteiger charge is 2.39. The van der Waals surface area contributed by atoms with Crippen molar-refractivity contribution in [2.75, 3.05) is 6.54 Å². The van der Waals surface area contributed by atoms with Gasteiger partial charge in [-0.1, -0.05) is 30.3 Å². The van der Waals surface area contributed by atoms with Gasteiger partial charge in [-0.3, -0.25) is 4.79 Å². The maximum atomic E-state index is 11.8. The molecule has 0 saturated carbocycles. The molecule has 2 aliphatic rings. The average molecular weight is 245 g/mol. The van der Waals surface area contributed by atoms with Crippen LogP contribution in [-0.4, -0.2) is 29.5 Å². The molecule has 96 valence electrons. The number of hydrogen-bond acceptors (Lipinski definition) is 2. The molecule has 2 aliphatic heterocycles. The molecule has 1 amide bonds. The van der Waals surface area contributed by atoms with Crippen LogP contribution < -0.4 is 0 Å². The number of hydrogen-bond donors (Lipinski definition) is 0. The smallest absolute Gasteiger partial charge is 0.223 e. The summed E-state index contributed by atoms with van der Waals surface area (Å²) >= 11 is 0. The molecule has 0 aliphatic carbocycles. The van der Waals surface area contributed by atoms with Crippen LogP contribution in [0, 0.1) is 0 Å². The van der Waals surface area contributed by atoms with E-state index in [1.807, 2.05) is 23.1 Å². The van der Waals surface area contributed by atoms with Crippen LogP contribution in [0.1, 0.15) is 31.2 Å². The van der Waals surface area contributed by atoms with Gasteiger partial charge in [0, 0.05) is 13.0 Å². The summed E-state index contributed by atoms with van der Waals surface area (Å²) in [7, 11) is 0.